The van der Waals surface area contributed by atoms with Crippen LogP contribution in [0.5, 0.6) is 0 Å². The Morgan fingerprint density at radius 3 is 2.61 bits per heavy atom. The Kier molecular flexibility index (Phi) is 2.48. The van der Waals surface area contributed by atoms with Gasteiger partial charge in [-0.3, -0.25) is 4.79 Å². The molecule has 3 heteroatoms. The van der Waals surface area contributed by atoms with Crippen molar-refractivity contribution in [2.45, 2.75) is 32.1 Å². The molecule has 4 rings (SSSR count). The second kappa shape index (κ2) is 3.96. The first-order valence-electron chi connectivity index (χ1n) is 7.45. The third kappa shape index (κ3) is 1.37. The molecular weight excluding hydrogens is 228 g/mol. The van der Waals surface area contributed by atoms with Crippen molar-refractivity contribution in [3.63, 3.8) is 0 Å². The standard InChI is InChI=1S/C15H22O3/c1-17-7-18-15(16)12-6-10-5-11(12)14-9-3-2-8(4-9)13(10)14/h8-14H,2-7H2,1H3. The zero-order chi connectivity index (χ0) is 12.3. The van der Waals surface area contributed by atoms with E-state index >= 15 is 0 Å². The van der Waals surface area contributed by atoms with E-state index in [4.69, 9.17) is 9.47 Å². The lowest BCUT2D eigenvalue weighted by Gasteiger charge is -2.37. The maximum Gasteiger partial charge on any atom is 0.311 e. The van der Waals surface area contributed by atoms with Gasteiger partial charge in [-0.25, -0.2) is 0 Å². The van der Waals surface area contributed by atoms with Crippen LogP contribution in [0, 0.1) is 41.4 Å². The lowest BCUT2D eigenvalue weighted by atomic mass is 9.67. The molecule has 4 aliphatic carbocycles. The molecular formula is C15H22O3. The molecule has 4 saturated carbocycles. The number of esters is 1. The summed E-state index contributed by atoms with van der Waals surface area (Å²) in [5.41, 5.74) is 0. The number of ether oxygens (including phenoxy) is 2. The zero-order valence-corrected chi connectivity index (χ0v) is 11.0. The third-order valence-corrected chi connectivity index (χ3v) is 6.36. The van der Waals surface area contributed by atoms with Gasteiger partial charge >= 0.3 is 5.97 Å². The average Bonchev–Trinajstić information content (AvgIpc) is 3.10. The highest BCUT2D eigenvalue weighted by atomic mass is 16.7. The minimum atomic E-state index is 0.00516. The Labute approximate surface area is 108 Å². The number of rotatable bonds is 3. The number of hydrogen-bond donors (Lipinski definition) is 0. The normalized spacial score (nSPS) is 51.7. The van der Waals surface area contributed by atoms with Gasteiger partial charge in [-0.2, -0.15) is 0 Å². The van der Waals surface area contributed by atoms with Crippen molar-refractivity contribution in [3.05, 3.63) is 0 Å². The van der Waals surface area contributed by atoms with Crippen molar-refractivity contribution in [2.24, 2.45) is 41.4 Å². The fraction of sp³-hybridized carbons (Fsp3) is 0.933. The van der Waals surface area contributed by atoms with Crippen LogP contribution in [0.3, 0.4) is 0 Å². The summed E-state index contributed by atoms with van der Waals surface area (Å²) in [7, 11) is 1.57. The monoisotopic (exact) mass is 250 g/mol. The number of carbonyl (C=O) groups is 1. The fourth-order valence-corrected chi connectivity index (χ4v) is 6.06. The molecule has 0 spiro atoms. The zero-order valence-electron chi connectivity index (χ0n) is 11.0. The van der Waals surface area contributed by atoms with E-state index in [2.05, 4.69) is 0 Å². The molecule has 0 aromatic rings. The highest BCUT2D eigenvalue weighted by molar-refractivity contribution is 5.73. The molecule has 18 heavy (non-hydrogen) atoms. The summed E-state index contributed by atoms with van der Waals surface area (Å²) >= 11 is 0. The Morgan fingerprint density at radius 1 is 1.06 bits per heavy atom. The van der Waals surface area contributed by atoms with Crippen LogP contribution in [0.4, 0.5) is 0 Å². The molecule has 3 nitrogen and oxygen atoms in total. The SMILES string of the molecule is COCOC(=O)C1CC2CC1C1C3CCC(C3)C21. The molecule has 7 atom stereocenters. The number of hydrogen-bond acceptors (Lipinski definition) is 3. The molecule has 4 fully saturated rings. The summed E-state index contributed by atoms with van der Waals surface area (Å²) in [5.74, 6) is 5.44. The van der Waals surface area contributed by atoms with Crippen molar-refractivity contribution < 1.29 is 14.3 Å². The van der Waals surface area contributed by atoms with Crippen LogP contribution in [0.1, 0.15) is 32.1 Å². The summed E-state index contributed by atoms with van der Waals surface area (Å²) in [6, 6.07) is 0. The van der Waals surface area contributed by atoms with Gasteiger partial charge in [0.1, 0.15) is 0 Å². The molecule has 0 heterocycles. The molecule has 0 aliphatic heterocycles. The Bertz CT molecular complexity index is 367. The highest BCUT2D eigenvalue weighted by Crippen LogP contribution is 2.68. The predicted octanol–water partition coefficient (Wildman–Crippen LogP) is 2.45. The van der Waals surface area contributed by atoms with Gasteiger partial charge in [0.2, 0.25) is 0 Å². The molecule has 0 saturated heterocycles. The number of fused-ring (bicyclic) bond motifs is 9. The smallest absolute Gasteiger partial charge is 0.311 e. The molecule has 100 valence electrons. The largest absolute Gasteiger partial charge is 0.438 e. The Morgan fingerprint density at radius 2 is 1.83 bits per heavy atom. The summed E-state index contributed by atoms with van der Waals surface area (Å²) in [5, 5.41) is 0. The van der Waals surface area contributed by atoms with Gasteiger partial charge in [0.15, 0.2) is 6.79 Å². The van der Waals surface area contributed by atoms with Gasteiger partial charge in [0.25, 0.3) is 0 Å². The lowest BCUT2D eigenvalue weighted by Crippen LogP contribution is -2.36. The van der Waals surface area contributed by atoms with E-state index < -0.39 is 0 Å². The molecule has 0 N–H and O–H groups in total. The maximum absolute atomic E-state index is 12.1. The van der Waals surface area contributed by atoms with E-state index in [0.29, 0.717) is 5.92 Å². The first kappa shape index (κ1) is 11.3. The Hall–Kier alpha value is -0.570. The van der Waals surface area contributed by atoms with Crippen molar-refractivity contribution in [1.82, 2.24) is 0 Å². The van der Waals surface area contributed by atoms with Gasteiger partial charge in [-0.05, 0) is 67.6 Å². The minimum absolute atomic E-state index is 0.00516. The summed E-state index contributed by atoms with van der Waals surface area (Å²) < 4.78 is 10.0. The number of methoxy groups -OCH3 is 1. The second-order valence-corrected chi connectivity index (χ2v) is 6.86. The van der Waals surface area contributed by atoms with Crippen LogP contribution < -0.4 is 0 Å². The van der Waals surface area contributed by atoms with Crippen molar-refractivity contribution in [3.8, 4) is 0 Å². The van der Waals surface area contributed by atoms with Gasteiger partial charge < -0.3 is 9.47 Å². The molecule has 0 radical (unpaired) electrons. The summed E-state index contributed by atoms with van der Waals surface area (Å²) in [6.07, 6.45) is 6.75. The molecule has 0 aromatic carbocycles. The van der Waals surface area contributed by atoms with Crippen LogP contribution in [-0.2, 0) is 14.3 Å². The second-order valence-electron chi connectivity index (χ2n) is 6.86. The first-order valence-corrected chi connectivity index (χ1v) is 7.45. The van der Waals surface area contributed by atoms with E-state index in [1.165, 1.54) is 25.7 Å². The predicted molar refractivity (Wildman–Crippen MR) is 65.5 cm³/mol. The first-order chi connectivity index (χ1) is 8.79. The van der Waals surface area contributed by atoms with Gasteiger partial charge in [-0.15, -0.1) is 0 Å². The van der Waals surface area contributed by atoms with Crippen molar-refractivity contribution in [2.75, 3.05) is 13.9 Å². The van der Waals surface area contributed by atoms with E-state index in [9.17, 15) is 4.79 Å². The van der Waals surface area contributed by atoms with Crippen LogP contribution in [0.15, 0.2) is 0 Å². The molecule has 4 aliphatic rings. The van der Waals surface area contributed by atoms with Gasteiger partial charge in [0, 0.05) is 7.11 Å². The third-order valence-electron chi connectivity index (χ3n) is 6.36. The van der Waals surface area contributed by atoms with E-state index in [-0.39, 0.29) is 18.7 Å². The number of carbonyl (C=O) groups excluding carboxylic acids is 1. The average molecular weight is 250 g/mol. The molecule has 7 unspecified atom stereocenters. The van der Waals surface area contributed by atoms with Crippen LogP contribution in [-0.4, -0.2) is 19.9 Å². The maximum atomic E-state index is 12.1. The van der Waals surface area contributed by atoms with Gasteiger partial charge in [-0.1, -0.05) is 0 Å². The quantitative estimate of drug-likeness (QED) is 0.438. The Balaban J connectivity index is 1.50. The van der Waals surface area contributed by atoms with Crippen molar-refractivity contribution >= 4 is 5.97 Å². The highest BCUT2D eigenvalue weighted by Gasteiger charge is 2.63. The van der Waals surface area contributed by atoms with Crippen LogP contribution in [0.2, 0.25) is 0 Å². The van der Waals surface area contributed by atoms with Crippen LogP contribution >= 0.6 is 0 Å². The molecule has 0 aromatic heterocycles. The van der Waals surface area contributed by atoms with E-state index in [1.807, 2.05) is 0 Å². The lowest BCUT2D eigenvalue weighted by molar-refractivity contribution is -0.162. The van der Waals surface area contributed by atoms with E-state index in [0.717, 1.165) is 36.0 Å². The van der Waals surface area contributed by atoms with Crippen LogP contribution in [0.25, 0.3) is 0 Å². The molecule has 0 amide bonds. The van der Waals surface area contributed by atoms with Gasteiger partial charge in [0.05, 0.1) is 5.92 Å². The molecule has 4 bridgehead atoms. The summed E-state index contributed by atoms with van der Waals surface area (Å²) in [6.45, 7) is 0.118. The fourth-order valence-electron chi connectivity index (χ4n) is 6.06. The minimum Gasteiger partial charge on any atom is -0.438 e. The van der Waals surface area contributed by atoms with Crippen molar-refractivity contribution in [1.29, 1.82) is 0 Å². The topological polar surface area (TPSA) is 35.5 Å². The van der Waals surface area contributed by atoms with E-state index in [1.54, 1.807) is 7.11 Å². The summed E-state index contributed by atoms with van der Waals surface area (Å²) in [4.78, 5) is 12.1.